The zero-order valence-corrected chi connectivity index (χ0v) is 44.5. The Morgan fingerprint density at radius 2 is 0.900 bits per heavy atom. The van der Waals surface area contributed by atoms with Gasteiger partial charge < -0.3 is 62.7 Å². The number of hydrogen-bond acceptors (Lipinski definition) is 14. The Bertz CT molecular complexity index is 3130. The molecule has 2 unspecified atom stereocenters. The molecule has 0 aliphatic carbocycles. The Kier molecular flexibility index (Phi) is 18.3. The van der Waals surface area contributed by atoms with E-state index in [2.05, 4.69) is 24.3 Å². The van der Waals surface area contributed by atoms with Crippen molar-refractivity contribution in [2.24, 2.45) is 0 Å². The number of fused-ring (bicyclic) bond motifs is 2. The van der Waals surface area contributed by atoms with Crippen molar-refractivity contribution in [2.45, 2.75) is 107 Å². The number of aliphatic hydroxyl groups excluding tert-OH is 3. The van der Waals surface area contributed by atoms with E-state index in [1.54, 1.807) is 48.4 Å². The van der Waals surface area contributed by atoms with E-state index in [-0.39, 0.29) is 39.6 Å². The SMILES string of the molecule is COc1ccc(O[C@@H]2O[C@H](COCc3ccccc3)[C@@H](O[C@H]3O[C@@H](CO)[C@H](OCc4ccccc4)[C@@H](OCc4ccc5ccccc5c4)[C@H]3OCc3ccccc3)[C@H](OCc3ccccc3)[C@H]2N2C(O)c3ccccc3C2O)cc1. The van der Waals surface area contributed by atoms with E-state index in [9.17, 15) is 15.3 Å². The number of nitrogens with zero attached hydrogens (tertiary/aromatic N) is 1. The van der Waals surface area contributed by atoms with Crippen LogP contribution in [0.25, 0.3) is 10.8 Å². The lowest BCUT2D eigenvalue weighted by molar-refractivity contribution is -0.369. The lowest BCUT2D eigenvalue weighted by Crippen LogP contribution is -2.69. The van der Waals surface area contributed by atoms with Crippen LogP contribution in [0.5, 0.6) is 11.5 Å². The maximum Gasteiger partial charge on any atom is 0.218 e. The predicted octanol–water partition coefficient (Wildman–Crippen LogP) is 9.98. The first-order chi connectivity index (χ1) is 39.4. The van der Waals surface area contributed by atoms with Crippen LogP contribution in [0.4, 0.5) is 0 Å². The van der Waals surface area contributed by atoms with Gasteiger partial charge in [-0.25, -0.2) is 4.90 Å². The number of rotatable bonds is 23. The zero-order chi connectivity index (χ0) is 54.6. The van der Waals surface area contributed by atoms with Gasteiger partial charge in [-0.1, -0.05) is 182 Å². The lowest BCUT2D eigenvalue weighted by atomic mass is 9.93. The summed E-state index contributed by atoms with van der Waals surface area (Å²) in [6, 6.07) is 66.7. The monoisotopic (exact) mass is 1080 g/mol. The van der Waals surface area contributed by atoms with Gasteiger partial charge in [0.2, 0.25) is 6.29 Å². The third-order valence-corrected chi connectivity index (χ3v) is 15.0. The normalized spacial score (nSPS) is 25.8. The molecule has 14 heteroatoms. The highest BCUT2D eigenvalue weighted by Gasteiger charge is 2.58. The topological polar surface area (TPSA) is 156 Å². The minimum Gasteiger partial charge on any atom is -0.497 e. The average Bonchev–Trinajstić information content (AvgIpc) is 3.84. The Morgan fingerprint density at radius 1 is 0.425 bits per heavy atom. The van der Waals surface area contributed by atoms with Crippen LogP contribution < -0.4 is 9.47 Å². The maximum atomic E-state index is 12.5. The number of methoxy groups -OCH3 is 1. The summed E-state index contributed by atoms with van der Waals surface area (Å²) < 4.78 is 68.8. The molecule has 2 fully saturated rings. The second-order valence-electron chi connectivity index (χ2n) is 20.2. The molecule has 3 aliphatic rings. The van der Waals surface area contributed by atoms with Crippen LogP contribution in [0.3, 0.4) is 0 Å². The van der Waals surface area contributed by atoms with Gasteiger partial charge in [0, 0.05) is 11.1 Å². The quantitative estimate of drug-likeness (QED) is 0.0556. The molecule has 414 valence electrons. The summed E-state index contributed by atoms with van der Waals surface area (Å²) >= 11 is 0. The highest BCUT2D eigenvalue weighted by Crippen LogP contribution is 2.46. The van der Waals surface area contributed by atoms with Crippen LogP contribution in [-0.2, 0) is 70.9 Å². The molecule has 80 heavy (non-hydrogen) atoms. The Hall–Kier alpha value is -6.86. The first-order valence-corrected chi connectivity index (χ1v) is 27.2. The molecule has 3 heterocycles. The van der Waals surface area contributed by atoms with E-state index in [4.69, 9.17) is 47.4 Å². The van der Waals surface area contributed by atoms with Gasteiger partial charge in [0.25, 0.3) is 0 Å². The first kappa shape index (κ1) is 55.1. The van der Waals surface area contributed by atoms with Gasteiger partial charge in [-0.15, -0.1) is 0 Å². The Balaban J connectivity index is 1.02. The number of hydrogen-bond donors (Lipinski definition) is 3. The molecular formula is C66H67NO13. The molecule has 0 bridgehead atoms. The third kappa shape index (κ3) is 13.0. The standard InChI is InChI=1S/C66H67NO13/c1-71-51-32-34-52(35-33-51)77-65-57(67-63(69)53-28-16-17-29-54(53)64(67)70)60(74-40-46-22-10-4-11-23-46)59(56(79-65)43-72-38-44-18-6-2-7-19-44)80-66-62(76-41-47-24-12-5-13-25-47)61(75-42-48-30-31-49-26-14-15-27-50(49)36-48)58(55(37-68)78-66)73-39-45-20-8-3-9-21-45/h2-36,55-66,68-70H,37-43H2,1H3/t55-,56+,57+,58-,59+,60+,61+,62+,63?,64?,65+,66+/m0/s1. The molecule has 2 saturated heterocycles. The van der Waals surface area contributed by atoms with Gasteiger partial charge in [-0.05, 0) is 68.9 Å². The van der Waals surface area contributed by atoms with Crippen LogP contribution in [0.1, 0.15) is 51.4 Å². The van der Waals surface area contributed by atoms with Gasteiger partial charge in [0.15, 0.2) is 6.29 Å². The molecule has 3 aliphatic heterocycles. The van der Waals surface area contributed by atoms with Crippen LogP contribution >= 0.6 is 0 Å². The van der Waals surface area contributed by atoms with Crippen LogP contribution in [0.15, 0.2) is 212 Å². The average molecular weight is 1080 g/mol. The molecule has 14 nitrogen and oxygen atoms in total. The van der Waals surface area contributed by atoms with Gasteiger partial charge in [-0.2, -0.15) is 0 Å². The van der Waals surface area contributed by atoms with E-state index in [1.807, 2.05) is 152 Å². The molecule has 11 rings (SSSR count). The highest BCUT2D eigenvalue weighted by atomic mass is 16.8. The van der Waals surface area contributed by atoms with Crippen molar-refractivity contribution in [3.05, 3.63) is 251 Å². The van der Waals surface area contributed by atoms with Crippen molar-refractivity contribution in [3.8, 4) is 11.5 Å². The summed E-state index contributed by atoms with van der Waals surface area (Å²) in [5.41, 5.74) is 5.53. The van der Waals surface area contributed by atoms with Gasteiger partial charge in [0.1, 0.15) is 72.7 Å². The predicted molar refractivity (Wildman–Crippen MR) is 299 cm³/mol. The van der Waals surface area contributed by atoms with Crippen LogP contribution in [0.2, 0.25) is 0 Å². The van der Waals surface area contributed by atoms with Gasteiger partial charge >= 0.3 is 0 Å². The highest BCUT2D eigenvalue weighted by molar-refractivity contribution is 5.83. The second kappa shape index (κ2) is 26.6. The number of aliphatic hydroxyl groups is 3. The van der Waals surface area contributed by atoms with Crippen molar-refractivity contribution in [1.82, 2.24) is 4.90 Å². The summed E-state index contributed by atoms with van der Waals surface area (Å²) in [7, 11) is 1.59. The molecule has 12 atom stereocenters. The molecular weight excluding hydrogens is 1010 g/mol. The minimum atomic E-state index is -1.34. The molecule has 8 aromatic carbocycles. The van der Waals surface area contributed by atoms with Gasteiger partial charge in [-0.3, -0.25) is 0 Å². The number of benzene rings is 8. The van der Waals surface area contributed by atoms with Gasteiger partial charge in [0.05, 0.1) is 53.4 Å². The summed E-state index contributed by atoms with van der Waals surface area (Å²) in [6.45, 7) is 0.267. The van der Waals surface area contributed by atoms with Crippen LogP contribution in [0, 0.1) is 0 Å². The van der Waals surface area contributed by atoms with E-state index in [1.165, 1.54) is 0 Å². The summed E-state index contributed by atoms with van der Waals surface area (Å²) in [5, 5.41) is 38.6. The minimum absolute atomic E-state index is 0.0400. The molecule has 3 N–H and O–H groups in total. The summed E-state index contributed by atoms with van der Waals surface area (Å²) in [5.74, 6) is 1.05. The fraction of sp³-hybridized carbons (Fsp3) is 0.303. The van der Waals surface area contributed by atoms with Crippen molar-refractivity contribution in [2.75, 3.05) is 20.3 Å². The lowest BCUT2D eigenvalue weighted by Gasteiger charge is -2.52. The van der Waals surface area contributed by atoms with Crippen molar-refractivity contribution in [1.29, 1.82) is 0 Å². The van der Waals surface area contributed by atoms with Crippen LogP contribution in [-0.4, -0.2) is 102 Å². The van der Waals surface area contributed by atoms with Crippen molar-refractivity contribution in [3.63, 3.8) is 0 Å². The fourth-order valence-corrected chi connectivity index (χ4v) is 10.9. The van der Waals surface area contributed by atoms with E-state index >= 15 is 0 Å². The fourth-order valence-electron chi connectivity index (χ4n) is 10.9. The molecule has 0 amide bonds. The second-order valence-corrected chi connectivity index (χ2v) is 20.2. The van der Waals surface area contributed by atoms with E-state index < -0.39 is 80.4 Å². The van der Waals surface area contributed by atoms with Crippen molar-refractivity contribution >= 4 is 10.8 Å². The summed E-state index contributed by atoms with van der Waals surface area (Å²) in [6.07, 6.45) is -12.2. The van der Waals surface area contributed by atoms with E-state index in [0.29, 0.717) is 22.6 Å². The first-order valence-electron chi connectivity index (χ1n) is 27.2. The molecule has 0 aromatic heterocycles. The molecule has 8 aromatic rings. The Morgan fingerprint density at radius 3 is 1.48 bits per heavy atom. The smallest absolute Gasteiger partial charge is 0.218 e. The van der Waals surface area contributed by atoms with E-state index in [0.717, 1.165) is 38.6 Å². The third-order valence-electron chi connectivity index (χ3n) is 15.0. The van der Waals surface area contributed by atoms with Crippen molar-refractivity contribution < 1.29 is 62.7 Å². The molecule has 0 radical (unpaired) electrons. The largest absolute Gasteiger partial charge is 0.497 e. The Labute approximate surface area is 466 Å². The molecule has 0 spiro atoms. The molecule has 0 saturated carbocycles. The number of ether oxygens (including phenoxy) is 10. The zero-order valence-electron chi connectivity index (χ0n) is 44.5. The summed E-state index contributed by atoms with van der Waals surface area (Å²) in [4.78, 5) is 1.55. The maximum absolute atomic E-state index is 12.5.